The minimum Gasteiger partial charge on any atom is -0.377 e. The number of nitrogens with zero attached hydrogens (tertiary/aromatic N) is 4. The van der Waals surface area contributed by atoms with Crippen LogP contribution in [0.2, 0.25) is 0 Å². The van der Waals surface area contributed by atoms with E-state index in [0.29, 0.717) is 58.0 Å². The Labute approximate surface area is 168 Å². The molecule has 9 nitrogen and oxygen atoms in total. The van der Waals surface area contributed by atoms with Crippen LogP contribution in [0.3, 0.4) is 0 Å². The average Bonchev–Trinajstić information content (AvgIpc) is 3.24. The zero-order chi connectivity index (χ0) is 19.3. The highest BCUT2D eigenvalue weighted by Crippen LogP contribution is 2.22. The number of rotatable bonds is 3. The molecule has 2 aromatic rings. The summed E-state index contributed by atoms with van der Waals surface area (Å²) in [5, 5.41) is 15.6. The van der Waals surface area contributed by atoms with E-state index in [2.05, 4.69) is 25.3 Å². The Balaban J connectivity index is 1.55. The van der Waals surface area contributed by atoms with Crippen molar-refractivity contribution in [3.8, 4) is 0 Å². The Hall–Kier alpha value is -1.98. The van der Waals surface area contributed by atoms with Gasteiger partial charge in [-0.1, -0.05) is 5.10 Å². The Morgan fingerprint density at radius 3 is 1.89 bits per heavy atom. The van der Waals surface area contributed by atoms with Gasteiger partial charge in [-0.05, 0) is 35.6 Å². The molecule has 0 amide bonds. The van der Waals surface area contributed by atoms with Crippen LogP contribution in [-0.2, 0) is 18.9 Å². The summed E-state index contributed by atoms with van der Waals surface area (Å²) < 4.78 is 22.3. The van der Waals surface area contributed by atoms with E-state index in [4.69, 9.17) is 18.9 Å². The lowest BCUT2D eigenvalue weighted by Crippen LogP contribution is -2.31. The number of hydrogen-bond donors (Lipinski definition) is 0. The first-order chi connectivity index (χ1) is 13.9. The van der Waals surface area contributed by atoms with E-state index in [0.717, 1.165) is 24.5 Å². The van der Waals surface area contributed by atoms with Crippen molar-refractivity contribution in [2.24, 2.45) is 10.2 Å². The smallest absolute Gasteiger partial charge is 0.299 e. The van der Waals surface area contributed by atoms with Gasteiger partial charge in [-0.25, -0.2) is 0 Å². The van der Waals surface area contributed by atoms with Crippen LogP contribution < -0.4 is 10.00 Å². The van der Waals surface area contributed by atoms with Crippen LogP contribution in [0.5, 0.6) is 0 Å². The van der Waals surface area contributed by atoms with Crippen LogP contribution in [0.25, 0.3) is 0 Å². The van der Waals surface area contributed by atoms with Gasteiger partial charge in [-0.2, -0.15) is 0 Å². The number of azo groups is 1. The number of hydrogen-bond acceptors (Lipinski definition) is 9. The monoisotopic (exact) mass is 408 g/mol. The summed E-state index contributed by atoms with van der Waals surface area (Å²) >= 11 is 1.40. The fourth-order valence-corrected chi connectivity index (χ4v) is 2.95. The number of aromatic nitrogens is 2. The lowest BCUT2D eigenvalue weighted by Gasteiger charge is -2.25. The van der Waals surface area contributed by atoms with Gasteiger partial charge in [0.25, 0.3) is 10.6 Å². The highest BCUT2D eigenvalue weighted by Gasteiger charge is 2.08. The van der Waals surface area contributed by atoms with Gasteiger partial charge >= 0.3 is 0 Å². The number of aromatic amines is 1. The summed E-state index contributed by atoms with van der Waals surface area (Å²) in [4.78, 5) is 2.23. The molecule has 0 atom stereocenters. The summed E-state index contributed by atoms with van der Waals surface area (Å²) in [5.41, 5.74) is 3.62. The maximum atomic E-state index is 5.67. The zero-order valence-corrected chi connectivity index (χ0v) is 16.6. The van der Waals surface area contributed by atoms with E-state index in [1.165, 1.54) is 11.3 Å². The highest BCUT2D eigenvalue weighted by molar-refractivity contribution is 7.12. The van der Waals surface area contributed by atoms with Crippen LogP contribution in [0, 0.1) is 0 Å². The van der Waals surface area contributed by atoms with E-state index in [1.54, 1.807) is 5.51 Å². The van der Waals surface area contributed by atoms with Crippen molar-refractivity contribution >= 4 is 27.8 Å². The Kier molecular flexibility index (Phi) is 9.24. The molecule has 1 fully saturated rings. The highest BCUT2D eigenvalue weighted by atomic mass is 32.1. The molecule has 1 aromatic heterocycles. The molecule has 1 aromatic carbocycles. The SMILES string of the molecule is c1[nH+]nc(N=Nc2ccc(N3CCOCCOCCOCCOCC3)cc2)s1. The van der Waals surface area contributed by atoms with Gasteiger partial charge in [-0.3, -0.25) is 0 Å². The van der Waals surface area contributed by atoms with Crippen LogP contribution in [0.4, 0.5) is 16.5 Å². The predicted molar refractivity (Wildman–Crippen MR) is 105 cm³/mol. The first-order valence-corrected chi connectivity index (χ1v) is 10.2. The van der Waals surface area contributed by atoms with E-state index in [-0.39, 0.29) is 0 Å². The van der Waals surface area contributed by atoms with Crippen molar-refractivity contribution in [2.45, 2.75) is 0 Å². The maximum absolute atomic E-state index is 5.67. The standard InChI is InChI=1S/C18H25N5O4S/c1-3-17(4-2-16(1)20-22-18-21-19-15-28-18)23-5-7-24-9-11-26-13-14-27-12-10-25-8-6-23/h1-4,15H,5-14H2/p+1. The second-order valence-corrected chi connectivity index (χ2v) is 6.75. The van der Waals surface area contributed by atoms with Crippen LogP contribution in [0.15, 0.2) is 40.0 Å². The molecule has 1 N–H and O–H groups in total. The molecule has 28 heavy (non-hydrogen) atoms. The molecule has 1 saturated heterocycles. The second kappa shape index (κ2) is 12.5. The lowest BCUT2D eigenvalue weighted by molar-refractivity contribution is -0.446. The first-order valence-electron chi connectivity index (χ1n) is 9.31. The number of ether oxygens (including phenoxy) is 4. The number of anilines is 1. The third-order valence-electron chi connectivity index (χ3n) is 3.97. The van der Waals surface area contributed by atoms with E-state index in [9.17, 15) is 0 Å². The fourth-order valence-electron chi connectivity index (χ4n) is 2.54. The van der Waals surface area contributed by atoms with Crippen LogP contribution >= 0.6 is 11.3 Å². The first kappa shape index (κ1) is 20.7. The number of nitrogens with one attached hydrogen (secondary N) is 1. The third-order valence-corrected chi connectivity index (χ3v) is 4.58. The summed E-state index contributed by atoms with van der Waals surface area (Å²) in [6.45, 7) is 6.29. The van der Waals surface area contributed by atoms with E-state index < -0.39 is 0 Å². The molecule has 0 unspecified atom stereocenters. The zero-order valence-electron chi connectivity index (χ0n) is 15.8. The Bertz CT molecular complexity index is 668. The minimum atomic E-state index is 0.580. The molecule has 1 aliphatic heterocycles. The second-order valence-electron chi connectivity index (χ2n) is 5.91. The molecular formula is C18H26N5O4S+. The van der Waals surface area contributed by atoms with Gasteiger partial charge < -0.3 is 23.8 Å². The quantitative estimate of drug-likeness (QED) is 0.724. The Morgan fingerprint density at radius 1 is 0.786 bits per heavy atom. The van der Waals surface area contributed by atoms with Gasteiger partial charge in [0.2, 0.25) is 0 Å². The fraction of sp³-hybridized carbons (Fsp3) is 0.556. The molecule has 3 rings (SSSR count). The normalized spacial score (nSPS) is 18.6. The molecule has 0 radical (unpaired) electrons. The van der Waals surface area contributed by atoms with E-state index >= 15 is 0 Å². The molecular weight excluding hydrogens is 382 g/mol. The van der Waals surface area contributed by atoms with Crippen molar-refractivity contribution in [3.05, 3.63) is 29.8 Å². The van der Waals surface area contributed by atoms with Gasteiger partial charge in [-0.15, -0.1) is 10.2 Å². The molecule has 2 heterocycles. The Morgan fingerprint density at radius 2 is 1.36 bits per heavy atom. The van der Waals surface area contributed by atoms with Crippen molar-refractivity contribution in [1.82, 2.24) is 5.10 Å². The molecule has 0 saturated carbocycles. The maximum Gasteiger partial charge on any atom is 0.299 e. The molecule has 10 heteroatoms. The average molecular weight is 409 g/mol. The van der Waals surface area contributed by atoms with Gasteiger partial charge in [0.15, 0.2) is 0 Å². The largest absolute Gasteiger partial charge is 0.377 e. The third kappa shape index (κ3) is 7.56. The van der Waals surface area contributed by atoms with Crippen molar-refractivity contribution in [2.75, 3.05) is 70.8 Å². The van der Waals surface area contributed by atoms with E-state index in [1.807, 2.05) is 24.3 Å². The predicted octanol–water partition coefficient (Wildman–Crippen LogP) is 2.26. The van der Waals surface area contributed by atoms with Crippen LogP contribution in [-0.4, -0.2) is 71.0 Å². The summed E-state index contributed by atoms with van der Waals surface area (Å²) in [6.07, 6.45) is 0. The van der Waals surface area contributed by atoms with Crippen molar-refractivity contribution in [1.29, 1.82) is 0 Å². The minimum absolute atomic E-state index is 0.580. The van der Waals surface area contributed by atoms with Crippen molar-refractivity contribution in [3.63, 3.8) is 0 Å². The molecule has 0 bridgehead atoms. The molecule has 152 valence electrons. The summed E-state index contributed by atoms with van der Waals surface area (Å²) in [6, 6.07) is 7.94. The van der Waals surface area contributed by atoms with Gasteiger partial charge in [0.1, 0.15) is 0 Å². The molecule has 0 spiro atoms. The topological polar surface area (TPSA) is 91.9 Å². The lowest BCUT2D eigenvalue weighted by atomic mass is 10.2. The molecule has 0 aliphatic carbocycles. The molecule has 1 aliphatic rings. The summed E-state index contributed by atoms with van der Waals surface area (Å²) in [7, 11) is 0. The van der Waals surface area contributed by atoms with Gasteiger partial charge in [0.05, 0.1) is 58.5 Å². The number of H-pyrrole nitrogens is 1. The van der Waals surface area contributed by atoms with Gasteiger partial charge in [0, 0.05) is 23.9 Å². The van der Waals surface area contributed by atoms with Crippen molar-refractivity contribution < 1.29 is 24.0 Å². The van der Waals surface area contributed by atoms with Crippen LogP contribution in [0.1, 0.15) is 0 Å². The summed E-state index contributed by atoms with van der Waals surface area (Å²) in [5.74, 6) is 0. The number of benzene rings is 1.